The van der Waals surface area contributed by atoms with Crippen molar-refractivity contribution in [3.05, 3.63) is 18.3 Å². The summed E-state index contributed by atoms with van der Waals surface area (Å²) in [6, 6.07) is 1.34. The molecule has 2 rings (SSSR count). The lowest BCUT2D eigenvalue weighted by atomic mass is 10.4. The Bertz CT molecular complexity index is 288. The average molecular weight is 183 g/mol. The van der Waals surface area contributed by atoms with Crippen molar-refractivity contribution in [1.29, 1.82) is 0 Å². The maximum Gasteiger partial charge on any atom is 0.218 e. The first kappa shape index (κ1) is 8.37. The lowest BCUT2D eigenvalue weighted by Gasteiger charge is -2.27. The predicted molar refractivity (Wildman–Crippen MR) is 45.0 cm³/mol. The third-order valence-electron chi connectivity index (χ3n) is 1.95. The van der Waals surface area contributed by atoms with Crippen LogP contribution in [0.2, 0.25) is 0 Å². The second-order valence-electron chi connectivity index (χ2n) is 2.80. The number of rotatable bonds is 1. The molecular formula is C8H10FN3O. The van der Waals surface area contributed by atoms with Gasteiger partial charge < -0.3 is 9.64 Å². The topological polar surface area (TPSA) is 38.2 Å². The van der Waals surface area contributed by atoms with Crippen molar-refractivity contribution in [3.8, 4) is 0 Å². The number of nitrogens with zero attached hydrogens (tertiary/aromatic N) is 3. The maximum absolute atomic E-state index is 12.7. The van der Waals surface area contributed by atoms with Crippen LogP contribution in [0.15, 0.2) is 12.4 Å². The lowest BCUT2D eigenvalue weighted by Crippen LogP contribution is -2.36. The summed E-state index contributed by atoms with van der Waals surface area (Å²) in [6.45, 7) is 2.87. The molecule has 0 unspecified atom stereocenters. The van der Waals surface area contributed by atoms with Crippen LogP contribution in [-0.4, -0.2) is 36.3 Å². The fourth-order valence-corrected chi connectivity index (χ4v) is 1.29. The SMILES string of the molecule is Fc1cc(N2CCOCC2)ncn1. The number of ether oxygens (including phenoxy) is 1. The Kier molecular flexibility index (Phi) is 2.35. The molecule has 1 aliphatic rings. The van der Waals surface area contributed by atoms with Gasteiger partial charge in [0, 0.05) is 19.2 Å². The standard InChI is InChI=1S/C8H10FN3O/c9-7-5-8(11-6-10-7)12-1-3-13-4-2-12/h5-6H,1-4H2. The van der Waals surface area contributed by atoms with Crippen LogP contribution in [0.3, 0.4) is 0 Å². The minimum Gasteiger partial charge on any atom is -0.378 e. The van der Waals surface area contributed by atoms with Crippen molar-refractivity contribution >= 4 is 5.82 Å². The molecule has 4 nitrogen and oxygen atoms in total. The summed E-state index contributed by atoms with van der Waals surface area (Å²) < 4.78 is 17.9. The van der Waals surface area contributed by atoms with E-state index in [-0.39, 0.29) is 0 Å². The quantitative estimate of drug-likeness (QED) is 0.592. The van der Waals surface area contributed by atoms with Gasteiger partial charge in [-0.3, -0.25) is 0 Å². The highest BCUT2D eigenvalue weighted by atomic mass is 19.1. The van der Waals surface area contributed by atoms with E-state index in [2.05, 4.69) is 9.97 Å². The molecule has 0 aromatic carbocycles. The van der Waals surface area contributed by atoms with Crippen molar-refractivity contribution in [1.82, 2.24) is 9.97 Å². The lowest BCUT2D eigenvalue weighted by molar-refractivity contribution is 0.122. The van der Waals surface area contributed by atoms with Crippen LogP contribution in [0.1, 0.15) is 0 Å². The second kappa shape index (κ2) is 3.66. The van der Waals surface area contributed by atoms with E-state index >= 15 is 0 Å². The fraction of sp³-hybridized carbons (Fsp3) is 0.500. The smallest absolute Gasteiger partial charge is 0.218 e. The van der Waals surface area contributed by atoms with Crippen LogP contribution in [0.5, 0.6) is 0 Å². The highest BCUT2D eigenvalue weighted by Gasteiger charge is 2.12. The van der Waals surface area contributed by atoms with E-state index in [4.69, 9.17) is 4.74 Å². The van der Waals surface area contributed by atoms with E-state index < -0.39 is 5.95 Å². The van der Waals surface area contributed by atoms with Gasteiger partial charge in [0.2, 0.25) is 5.95 Å². The van der Waals surface area contributed by atoms with Crippen LogP contribution in [0.25, 0.3) is 0 Å². The minimum absolute atomic E-state index is 0.489. The van der Waals surface area contributed by atoms with Gasteiger partial charge in [0.05, 0.1) is 13.2 Å². The van der Waals surface area contributed by atoms with Crippen LogP contribution in [0, 0.1) is 5.95 Å². The zero-order chi connectivity index (χ0) is 9.10. The molecular weight excluding hydrogens is 173 g/mol. The molecule has 1 aromatic rings. The van der Waals surface area contributed by atoms with Gasteiger partial charge in [0.15, 0.2) is 0 Å². The van der Waals surface area contributed by atoms with E-state index in [1.165, 1.54) is 12.4 Å². The molecule has 1 saturated heterocycles. The van der Waals surface area contributed by atoms with E-state index in [1.807, 2.05) is 4.90 Å². The number of hydrogen-bond donors (Lipinski definition) is 0. The Balaban J connectivity index is 2.14. The Morgan fingerprint density at radius 3 is 2.77 bits per heavy atom. The van der Waals surface area contributed by atoms with E-state index in [0.717, 1.165) is 13.1 Å². The molecule has 0 bridgehead atoms. The summed E-state index contributed by atoms with van der Waals surface area (Å²) in [5, 5.41) is 0. The van der Waals surface area contributed by atoms with E-state index in [9.17, 15) is 4.39 Å². The highest BCUT2D eigenvalue weighted by molar-refractivity contribution is 5.36. The molecule has 5 heteroatoms. The van der Waals surface area contributed by atoms with Gasteiger partial charge in [-0.15, -0.1) is 0 Å². The Morgan fingerprint density at radius 2 is 2.08 bits per heavy atom. The molecule has 2 heterocycles. The number of morpholine rings is 1. The molecule has 0 aliphatic carbocycles. The Labute approximate surface area is 75.4 Å². The summed E-state index contributed by atoms with van der Waals surface area (Å²) in [7, 11) is 0. The van der Waals surface area contributed by atoms with Crippen molar-refractivity contribution in [3.63, 3.8) is 0 Å². The molecule has 13 heavy (non-hydrogen) atoms. The largest absolute Gasteiger partial charge is 0.378 e. The van der Waals surface area contributed by atoms with Crippen molar-refractivity contribution in [2.45, 2.75) is 0 Å². The van der Waals surface area contributed by atoms with Gasteiger partial charge in [-0.2, -0.15) is 4.39 Å². The van der Waals surface area contributed by atoms with Gasteiger partial charge in [0.25, 0.3) is 0 Å². The summed E-state index contributed by atoms with van der Waals surface area (Å²) in [5.41, 5.74) is 0. The highest BCUT2D eigenvalue weighted by Crippen LogP contribution is 2.11. The van der Waals surface area contributed by atoms with Gasteiger partial charge in [-0.05, 0) is 0 Å². The fourth-order valence-electron chi connectivity index (χ4n) is 1.29. The summed E-state index contributed by atoms with van der Waals surface area (Å²) in [4.78, 5) is 9.36. The first-order valence-corrected chi connectivity index (χ1v) is 4.16. The number of aromatic nitrogens is 2. The first-order chi connectivity index (χ1) is 6.36. The number of hydrogen-bond acceptors (Lipinski definition) is 4. The zero-order valence-corrected chi connectivity index (χ0v) is 7.11. The molecule has 1 aliphatic heterocycles. The molecule has 70 valence electrons. The van der Waals surface area contributed by atoms with Crippen LogP contribution in [-0.2, 0) is 4.74 Å². The molecule has 0 atom stereocenters. The van der Waals surface area contributed by atoms with Crippen molar-refractivity contribution in [2.24, 2.45) is 0 Å². The van der Waals surface area contributed by atoms with Crippen LogP contribution >= 0.6 is 0 Å². The van der Waals surface area contributed by atoms with Crippen LogP contribution in [0.4, 0.5) is 10.2 Å². The van der Waals surface area contributed by atoms with E-state index in [1.54, 1.807) is 0 Å². The predicted octanol–water partition coefficient (Wildman–Crippen LogP) is 0.452. The molecule has 0 N–H and O–H groups in total. The van der Waals surface area contributed by atoms with Gasteiger partial charge in [-0.1, -0.05) is 0 Å². The zero-order valence-electron chi connectivity index (χ0n) is 7.11. The maximum atomic E-state index is 12.7. The third-order valence-corrected chi connectivity index (χ3v) is 1.95. The Morgan fingerprint density at radius 1 is 1.31 bits per heavy atom. The third kappa shape index (κ3) is 1.92. The van der Waals surface area contributed by atoms with Crippen LogP contribution < -0.4 is 4.90 Å². The van der Waals surface area contributed by atoms with Crippen molar-refractivity contribution < 1.29 is 9.13 Å². The molecule has 0 amide bonds. The molecule has 0 saturated carbocycles. The summed E-state index contributed by atoms with van der Waals surface area (Å²) in [6.07, 6.45) is 1.24. The summed E-state index contributed by atoms with van der Waals surface area (Å²) >= 11 is 0. The molecule has 0 spiro atoms. The van der Waals surface area contributed by atoms with Gasteiger partial charge in [-0.25, -0.2) is 9.97 Å². The van der Waals surface area contributed by atoms with Gasteiger partial charge in [0.1, 0.15) is 12.1 Å². The number of anilines is 1. The van der Waals surface area contributed by atoms with Gasteiger partial charge >= 0.3 is 0 Å². The van der Waals surface area contributed by atoms with E-state index in [0.29, 0.717) is 19.0 Å². The Hall–Kier alpha value is -1.23. The second-order valence-corrected chi connectivity index (χ2v) is 2.80. The minimum atomic E-state index is -0.489. The molecule has 1 aromatic heterocycles. The molecule has 1 fully saturated rings. The van der Waals surface area contributed by atoms with Crippen molar-refractivity contribution in [2.75, 3.05) is 31.2 Å². The first-order valence-electron chi connectivity index (χ1n) is 4.16. The average Bonchev–Trinajstić information content (AvgIpc) is 2.19. The molecule has 0 radical (unpaired) electrons. The monoisotopic (exact) mass is 183 g/mol. The summed E-state index contributed by atoms with van der Waals surface area (Å²) in [5.74, 6) is 0.146. The number of halogens is 1. The normalized spacial score (nSPS) is 17.5.